The second-order valence-corrected chi connectivity index (χ2v) is 3.98. The normalized spacial score (nSPS) is 21.5. The summed E-state index contributed by atoms with van der Waals surface area (Å²) in [4.78, 5) is 11.8. The van der Waals surface area contributed by atoms with Gasteiger partial charge in [-0.05, 0) is 25.3 Å². The highest BCUT2D eigenvalue weighted by atomic mass is 16.5. The van der Waals surface area contributed by atoms with E-state index in [2.05, 4.69) is 5.10 Å². The fourth-order valence-electron chi connectivity index (χ4n) is 1.84. The molecule has 1 saturated heterocycles. The van der Waals surface area contributed by atoms with Crippen molar-refractivity contribution >= 4 is 5.78 Å². The minimum absolute atomic E-state index is 0.161. The van der Waals surface area contributed by atoms with E-state index in [9.17, 15) is 4.79 Å². The van der Waals surface area contributed by atoms with Crippen LogP contribution in [0.4, 0.5) is 0 Å². The molecule has 0 radical (unpaired) electrons. The van der Waals surface area contributed by atoms with E-state index < -0.39 is 0 Å². The van der Waals surface area contributed by atoms with Crippen molar-refractivity contribution in [1.82, 2.24) is 9.78 Å². The Morgan fingerprint density at radius 2 is 2.53 bits per heavy atom. The van der Waals surface area contributed by atoms with Crippen molar-refractivity contribution in [2.75, 3.05) is 6.61 Å². The number of rotatable bonds is 3. The topological polar surface area (TPSA) is 44.1 Å². The maximum absolute atomic E-state index is 11.8. The average Bonchev–Trinajstić information content (AvgIpc) is 2.65. The lowest BCUT2D eigenvalue weighted by molar-refractivity contribution is -0.132. The molecule has 82 valence electrons. The number of Topliss-reactive ketones (excluding diaryl/α,β-unsaturated/α-hetero) is 1. The van der Waals surface area contributed by atoms with Crippen LogP contribution in [0.3, 0.4) is 0 Å². The fourth-order valence-corrected chi connectivity index (χ4v) is 1.84. The van der Waals surface area contributed by atoms with Gasteiger partial charge in [0.2, 0.25) is 0 Å². The first-order valence-electron chi connectivity index (χ1n) is 5.38. The summed E-state index contributed by atoms with van der Waals surface area (Å²) >= 11 is 0. The van der Waals surface area contributed by atoms with E-state index in [0.717, 1.165) is 31.6 Å². The summed E-state index contributed by atoms with van der Waals surface area (Å²) in [7, 11) is 1.85. The lowest BCUT2D eigenvalue weighted by atomic mass is 10.0. The zero-order valence-corrected chi connectivity index (χ0v) is 8.98. The number of hydrogen-bond donors (Lipinski definition) is 0. The molecule has 0 amide bonds. The highest BCUT2D eigenvalue weighted by Gasteiger charge is 2.22. The molecule has 1 aromatic heterocycles. The second kappa shape index (κ2) is 4.57. The lowest BCUT2D eigenvalue weighted by Crippen LogP contribution is -2.29. The largest absolute Gasteiger partial charge is 0.370 e. The summed E-state index contributed by atoms with van der Waals surface area (Å²) < 4.78 is 7.15. The Morgan fingerprint density at radius 1 is 1.67 bits per heavy atom. The molecule has 4 nitrogen and oxygen atoms in total. The summed E-state index contributed by atoms with van der Waals surface area (Å²) in [5.41, 5.74) is 0.830. The Labute approximate surface area is 89.2 Å². The fraction of sp³-hybridized carbons (Fsp3) is 0.636. The van der Waals surface area contributed by atoms with E-state index in [-0.39, 0.29) is 11.9 Å². The molecular weight excluding hydrogens is 192 g/mol. The molecule has 15 heavy (non-hydrogen) atoms. The molecule has 0 spiro atoms. The van der Waals surface area contributed by atoms with E-state index in [4.69, 9.17) is 4.74 Å². The van der Waals surface area contributed by atoms with Crippen molar-refractivity contribution in [1.29, 1.82) is 0 Å². The van der Waals surface area contributed by atoms with Gasteiger partial charge in [-0.1, -0.05) is 0 Å². The summed E-state index contributed by atoms with van der Waals surface area (Å²) in [5.74, 6) is 0.161. The molecule has 1 aliphatic heterocycles. The van der Waals surface area contributed by atoms with Gasteiger partial charge in [-0.2, -0.15) is 5.10 Å². The molecule has 1 atom stereocenters. The Hall–Kier alpha value is -1.16. The molecule has 4 heteroatoms. The molecule has 1 aromatic rings. The Balaban J connectivity index is 1.91. The molecule has 1 aliphatic rings. The molecule has 2 rings (SSSR count). The third-order valence-electron chi connectivity index (χ3n) is 2.66. The standard InChI is InChI=1S/C11H16N2O2/c1-13-6-5-9(12-13)8-10(14)11-4-2-3-7-15-11/h5-6,11H,2-4,7-8H2,1H3. The van der Waals surface area contributed by atoms with Crippen LogP contribution in [0.5, 0.6) is 0 Å². The first-order valence-corrected chi connectivity index (χ1v) is 5.38. The molecule has 0 aromatic carbocycles. The monoisotopic (exact) mass is 208 g/mol. The smallest absolute Gasteiger partial charge is 0.167 e. The molecule has 2 heterocycles. The van der Waals surface area contributed by atoms with Crippen LogP contribution in [0.1, 0.15) is 25.0 Å². The van der Waals surface area contributed by atoms with Gasteiger partial charge in [0.25, 0.3) is 0 Å². The van der Waals surface area contributed by atoms with E-state index >= 15 is 0 Å². The van der Waals surface area contributed by atoms with Crippen LogP contribution in [0, 0.1) is 0 Å². The van der Waals surface area contributed by atoms with Gasteiger partial charge < -0.3 is 4.74 Å². The predicted octanol–water partition coefficient (Wildman–Crippen LogP) is 1.10. The number of nitrogens with zero attached hydrogens (tertiary/aromatic N) is 2. The summed E-state index contributed by atoms with van der Waals surface area (Å²) in [5, 5.41) is 4.19. The summed E-state index contributed by atoms with van der Waals surface area (Å²) in [6.07, 6.45) is 5.09. The van der Waals surface area contributed by atoms with Gasteiger partial charge in [0.1, 0.15) is 6.10 Å². The SMILES string of the molecule is Cn1ccc(CC(=O)C2CCCCO2)n1. The molecule has 0 aliphatic carbocycles. The predicted molar refractivity (Wildman–Crippen MR) is 55.5 cm³/mol. The van der Waals surface area contributed by atoms with Gasteiger partial charge in [-0.3, -0.25) is 9.48 Å². The van der Waals surface area contributed by atoms with E-state index in [1.807, 2.05) is 19.3 Å². The van der Waals surface area contributed by atoms with Crippen LogP contribution in [0.25, 0.3) is 0 Å². The first kappa shape index (κ1) is 10.4. The Bertz CT molecular complexity index is 340. The molecule has 0 N–H and O–H groups in total. The van der Waals surface area contributed by atoms with Gasteiger partial charge in [0.15, 0.2) is 5.78 Å². The zero-order valence-electron chi connectivity index (χ0n) is 8.98. The van der Waals surface area contributed by atoms with E-state index in [1.165, 1.54) is 0 Å². The van der Waals surface area contributed by atoms with Crippen LogP contribution < -0.4 is 0 Å². The Morgan fingerprint density at radius 3 is 3.13 bits per heavy atom. The van der Waals surface area contributed by atoms with Gasteiger partial charge in [0, 0.05) is 19.9 Å². The van der Waals surface area contributed by atoms with Crippen LogP contribution in [0.15, 0.2) is 12.3 Å². The summed E-state index contributed by atoms with van der Waals surface area (Å²) in [6, 6.07) is 1.88. The van der Waals surface area contributed by atoms with Crippen LogP contribution in [-0.4, -0.2) is 28.3 Å². The van der Waals surface area contributed by atoms with Gasteiger partial charge >= 0.3 is 0 Å². The van der Waals surface area contributed by atoms with Crippen molar-refractivity contribution in [2.45, 2.75) is 31.8 Å². The number of carbonyl (C=O) groups is 1. The number of ether oxygens (including phenoxy) is 1. The highest BCUT2D eigenvalue weighted by molar-refractivity contribution is 5.84. The second-order valence-electron chi connectivity index (χ2n) is 3.98. The molecule has 0 saturated carbocycles. The lowest BCUT2D eigenvalue weighted by Gasteiger charge is -2.20. The minimum Gasteiger partial charge on any atom is -0.370 e. The minimum atomic E-state index is -0.194. The van der Waals surface area contributed by atoms with Crippen LogP contribution in [-0.2, 0) is 23.0 Å². The van der Waals surface area contributed by atoms with Crippen molar-refractivity contribution < 1.29 is 9.53 Å². The third-order valence-corrected chi connectivity index (χ3v) is 2.66. The highest BCUT2D eigenvalue weighted by Crippen LogP contribution is 2.14. The van der Waals surface area contributed by atoms with Gasteiger partial charge in [0.05, 0.1) is 12.1 Å². The maximum atomic E-state index is 11.8. The Kier molecular flexibility index (Phi) is 3.16. The number of aromatic nitrogens is 2. The van der Waals surface area contributed by atoms with E-state index in [0.29, 0.717) is 6.42 Å². The average molecular weight is 208 g/mol. The van der Waals surface area contributed by atoms with Crippen molar-refractivity contribution in [2.24, 2.45) is 7.05 Å². The summed E-state index contributed by atoms with van der Waals surface area (Å²) in [6.45, 7) is 0.721. The van der Waals surface area contributed by atoms with Crippen molar-refractivity contribution in [3.63, 3.8) is 0 Å². The number of ketones is 1. The molecular formula is C11H16N2O2. The van der Waals surface area contributed by atoms with Crippen LogP contribution >= 0.6 is 0 Å². The number of hydrogen-bond acceptors (Lipinski definition) is 3. The number of carbonyl (C=O) groups excluding carboxylic acids is 1. The van der Waals surface area contributed by atoms with Gasteiger partial charge in [-0.25, -0.2) is 0 Å². The van der Waals surface area contributed by atoms with E-state index in [1.54, 1.807) is 4.68 Å². The van der Waals surface area contributed by atoms with Gasteiger partial charge in [-0.15, -0.1) is 0 Å². The van der Waals surface area contributed by atoms with Crippen LogP contribution in [0.2, 0.25) is 0 Å². The third kappa shape index (κ3) is 2.65. The first-order chi connectivity index (χ1) is 7.25. The number of aryl methyl sites for hydroxylation is 1. The molecule has 1 unspecified atom stereocenters. The molecule has 1 fully saturated rings. The molecule has 0 bridgehead atoms. The van der Waals surface area contributed by atoms with Crippen molar-refractivity contribution in [3.8, 4) is 0 Å². The maximum Gasteiger partial charge on any atom is 0.167 e. The zero-order chi connectivity index (χ0) is 10.7. The van der Waals surface area contributed by atoms with Crippen molar-refractivity contribution in [3.05, 3.63) is 18.0 Å². The quantitative estimate of drug-likeness (QED) is 0.747.